The number of hydrogen-bond acceptors (Lipinski definition) is 4. The summed E-state index contributed by atoms with van der Waals surface area (Å²) in [6.07, 6.45) is 1.81. The van der Waals surface area contributed by atoms with Crippen molar-refractivity contribution in [1.82, 2.24) is 0 Å². The van der Waals surface area contributed by atoms with Crippen molar-refractivity contribution in [2.45, 2.75) is 20.8 Å². The summed E-state index contributed by atoms with van der Waals surface area (Å²) in [6.45, 7) is 11.6. The van der Waals surface area contributed by atoms with Gasteiger partial charge in [-0.3, -0.25) is 4.79 Å². The molecule has 0 atom stereocenters. The molecule has 112 valence electrons. The van der Waals surface area contributed by atoms with Crippen LogP contribution in [-0.2, 0) is 9.53 Å². The molecule has 0 unspecified atom stereocenters. The Morgan fingerprint density at radius 1 is 1.33 bits per heavy atom. The highest BCUT2D eigenvalue weighted by Crippen LogP contribution is 2.36. The minimum atomic E-state index is -0.297. The Bertz CT molecular complexity index is 586. The van der Waals surface area contributed by atoms with Crippen LogP contribution >= 0.6 is 0 Å². The van der Waals surface area contributed by atoms with Gasteiger partial charge in [-0.05, 0) is 32.1 Å². The van der Waals surface area contributed by atoms with Crippen LogP contribution in [0.3, 0.4) is 0 Å². The molecule has 0 N–H and O–H groups in total. The number of hydrogen-bond donors (Lipinski definition) is 0. The van der Waals surface area contributed by atoms with Gasteiger partial charge in [-0.1, -0.05) is 6.58 Å². The van der Waals surface area contributed by atoms with Gasteiger partial charge in [0.25, 0.3) is 0 Å². The molecule has 1 aromatic rings. The first kappa shape index (κ1) is 15.2. The van der Waals surface area contributed by atoms with Gasteiger partial charge in [0.1, 0.15) is 18.1 Å². The molecule has 0 aromatic heterocycles. The minimum absolute atomic E-state index is 0.231. The largest absolute Gasteiger partial charge is 0.461 e. The molecule has 0 bridgehead atoms. The van der Waals surface area contributed by atoms with Gasteiger partial charge in [0.15, 0.2) is 0 Å². The van der Waals surface area contributed by atoms with Crippen LogP contribution in [0.5, 0.6) is 5.75 Å². The van der Waals surface area contributed by atoms with Crippen molar-refractivity contribution in [1.29, 1.82) is 0 Å². The van der Waals surface area contributed by atoms with E-state index >= 15 is 0 Å². The molecule has 21 heavy (non-hydrogen) atoms. The van der Waals surface area contributed by atoms with E-state index in [1.165, 1.54) is 6.92 Å². The van der Waals surface area contributed by atoms with Gasteiger partial charge in [0.2, 0.25) is 0 Å². The molecule has 2 rings (SSSR count). The van der Waals surface area contributed by atoms with Crippen molar-refractivity contribution in [2.75, 3.05) is 24.6 Å². The Balaban J connectivity index is 2.32. The van der Waals surface area contributed by atoms with Gasteiger partial charge in [-0.2, -0.15) is 0 Å². The van der Waals surface area contributed by atoms with E-state index in [1.54, 1.807) is 0 Å². The Morgan fingerprint density at radius 2 is 2.05 bits per heavy atom. The van der Waals surface area contributed by atoms with Gasteiger partial charge in [-0.15, -0.1) is 0 Å². The smallest absolute Gasteiger partial charge is 0.302 e. The predicted molar refractivity (Wildman–Crippen MR) is 84.4 cm³/mol. The Morgan fingerprint density at radius 3 is 2.67 bits per heavy atom. The average Bonchev–Trinajstić information content (AvgIpc) is 2.45. The molecule has 1 aromatic carbocycles. The van der Waals surface area contributed by atoms with Gasteiger partial charge in [0.05, 0.1) is 0 Å². The molecule has 1 heterocycles. The second kappa shape index (κ2) is 6.48. The van der Waals surface area contributed by atoms with Crippen LogP contribution in [0, 0.1) is 0 Å². The highest BCUT2D eigenvalue weighted by molar-refractivity contribution is 5.78. The first-order valence-electron chi connectivity index (χ1n) is 7.15. The third kappa shape index (κ3) is 3.45. The number of nitrogens with zero attached hydrogens (tertiary/aromatic N) is 1. The highest BCUT2D eigenvalue weighted by Gasteiger charge is 2.18. The Hall–Kier alpha value is -2.23. The molecular formula is C17H21NO3. The minimum Gasteiger partial charge on any atom is -0.461 e. The molecule has 0 fully saturated rings. The van der Waals surface area contributed by atoms with Crippen LogP contribution in [0.25, 0.3) is 5.57 Å². The van der Waals surface area contributed by atoms with Crippen molar-refractivity contribution in [3.63, 3.8) is 0 Å². The van der Waals surface area contributed by atoms with Crippen molar-refractivity contribution in [2.24, 2.45) is 0 Å². The van der Waals surface area contributed by atoms with E-state index in [4.69, 9.17) is 9.47 Å². The zero-order chi connectivity index (χ0) is 15.4. The summed E-state index contributed by atoms with van der Waals surface area (Å²) in [5.41, 5.74) is 2.96. The lowest BCUT2D eigenvalue weighted by Crippen LogP contribution is -2.22. The third-order valence-corrected chi connectivity index (χ3v) is 3.45. The van der Waals surface area contributed by atoms with Gasteiger partial charge in [-0.25, -0.2) is 0 Å². The topological polar surface area (TPSA) is 38.8 Å². The van der Waals surface area contributed by atoms with Gasteiger partial charge in [0, 0.05) is 42.9 Å². The average molecular weight is 287 g/mol. The summed E-state index contributed by atoms with van der Waals surface area (Å²) >= 11 is 0. The van der Waals surface area contributed by atoms with Crippen LogP contribution in [0.2, 0.25) is 0 Å². The number of allylic oxidation sites excluding steroid dienone is 1. The van der Waals surface area contributed by atoms with Crippen LogP contribution in [0.1, 0.15) is 26.3 Å². The molecule has 1 aliphatic heterocycles. The fraction of sp³-hybridized carbons (Fsp3) is 0.353. The SMILES string of the molecule is C=C1C=C(COC(C)=O)c2ccc(N(CC)CC)cc2O1. The summed E-state index contributed by atoms with van der Waals surface area (Å²) in [6, 6.07) is 6.07. The fourth-order valence-electron chi connectivity index (χ4n) is 2.39. The summed E-state index contributed by atoms with van der Waals surface area (Å²) in [4.78, 5) is 13.2. The third-order valence-electron chi connectivity index (χ3n) is 3.45. The van der Waals surface area contributed by atoms with Gasteiger partial charge >= 0.3 is 5.97 Å². The van der Waals surface area contributed by atoms with Crippen LogP contribution in [-0.4, -0.2) is 25.7 Å². The summed E-state index contributed by atoms with van der Waals surface area (Å²) in [7, 11) is 0. The maximum atomic E-state index is 11.0. The van der Waals surface area contributed by atoms with E-state index in [1.807, 2.05) is 18.2 Å². The molecule has 0 spiro atoms. The quantitative estimate of drug-likeness (QED) is 0.778. The maximum Gasteiger partial charge on any atom is 0.302 e. The van der Waals surface area contributed by atoms with Crippen molar-refractivity contribution >= 4 is 17.2 Å². The predicted octanol–water partition coefficient (Wildman–Crippen LogP) is 3.39. The van der Waals surface area contributed by atoms with E-state index in [2.05, 4.69) is 31.4 Å². The fourth-order valence-corrected chi connectivity index (χ4v) is 2.39. The molecule has 4 heteroatoms. The molecule has 4 nitrogen and oxygen atoms in total. The number of rotatable bonds is 5. The van der Waals surface area contributed by atoms with Crippen molar-refractivity contribution in [3.05, 3.63) is 42.2 Å². The number of carbonyl (C=O) groups is 1. The number of anilines is 1. The normalized spacial score (nSPS) is 13.1. The summed E-state index contributed by atoms with van der Waals surface area (Å²) in [5.74, 6) is 1.02. The number of benzene rings is 1. The standard InChI is InChI=1S/C17H21NO3/c1-5-18(6-2)15-7-8-16-14(11-20-13(4)19)9-12(3)21-17(16)10-15/h7-10H,3,5-6,11H2,1-2,4H3. The zero-order valence-corrected chi connectivity index (χ0v) is 12.8. The molecule has 0 radical (unpaired) electrons. The molecule has 0 saturated carbocycles. The number of ether oxygens (including phenoxy) is 2. The lowest BCUT2D eigenvalue weighted by molar-refractivity contribution is -0.139. The summed E-state index contributed by atoms with van der Waals surface area (Å²) < 4.78 is 10.8. The summed E-state index contributed by atoms with van der Waals surface area (Å²) in [5, 5.41) is 0. The van der Waals surface area contributed by atoms with E-state index in [0.29, 0.717) is 5.76 Å². The molecule has 0 aliphatic carbocycles. The van der Waals surface area contributed by atoms with E-state index in [0.717, 1.165) is 35.7 Å². The molecular weight excluding hydrogens is 266 g/mol. The number of fused-ring (bicyclic) bond motifs is 1. The lowest BCUT2D eigenvalue weighted by Gasteiger charge is -2.25. The van der Waals surface area contributed by atoms with E-state index in [9.17, 15) is 4.79 Å². The first-order chi connectivity index (χ1) is 10.0. The zero-order valence-electron chi connectivity index (χ0n) is 12.8. The Kier molecular flexibility index (Phi) is 4.68. The number of carbonyl (C=O) groups excluding carboxylic acids is 1. The van der Waals surface area contributed by atoms with Crippen LogP contribution in [0.15, 0.2) is 36.6 Å². The monoisotopic (exact) mass is 287 g/mol. The lowest BCUT2D eigenvalue weighted by atomic mass is 10.0. The van der Waals surface area contributed by atoms with Crippen LogP contribution in [0.4, 0.5) is 5.69 Å². The Labute approximate surface area is 125 Å². The number of esters is 1. The maximum absolute atomic E-state index is 11.0. The van der Waals surface area contributed by atoms with Crippen LogP contribution < -0.4 is 9.64 Å². The van der Waals surface area contributed by atoms with Crippen molar-refractivity contribution < 1.29 is 14.3 Å². The van der Waals surface area contributed by atoms with E-state index < -0.39 is 0 Å². The molecule has 1 aliphatic rings. The van der Waals surface area contributed by atoms with Crippen molar-refractivity contribution in [3.8, 4) is 5.75 Å². The van der Waals surface area contributed by atoms with Gasteiger partial charge < -0.3 is 14.4 Å². The second-order valence-corrected chi connectivity index (χ2v) is 4.87. The first-order valence-corrected chi connectivity index (χ1v) is 7.15. The highest BCUT2D eigenvalue weighted by atomic mass is 16.5. The molecule has 0 saturated heterocycles. The second-order valence-electron chi connectivity index (χ2n) is 4.87. The van der Waals surface area contributed by atoms with E-state index in [-0.39, 0.29) is 12.6 Å². The molecule has 0 amide bonds.